The monoisotopic (exact) mass is 736 g/mol. The molecule has 13 nitrogen and oxygen atoms in total. The van der Waals surface area contributed by atoms with Crippen LogP contribution in [0.15, 0.2) is 95.2 Å². The number of β-lactam (4-membered cyclic amide) rings is 1. The summed E-state index contributed by atoms with van der Waals surface area (Å²) in [7, 11) is -1.84. The molecule has 3 aromatic rings. The first kappa shape index (κ1) is 37.4. The fourth-order valence-corrected chi connectivity index (χ4v) is 9.43. The van der Waals surface area contributed by atoms with Crippen molar-refractivity contribution in [3.8, 4) is 5.75 Å². The second kappa shape index (κ2) is 16.4. The highest BCUT2D eigenvalue weighted by Gasteiger charge is 2.55. The highest BCUT2D eigenvalue weighted by Crippen LogP contribution is 2.41. The number of nitro benzene ring substituents is 1. The number of esters is 1. The van der Waals surface area contributed by atoms with Crippen molar-refractivity contribution in [2.24, 2.45) is 0 Å². The second-order valence-electron chi connectivity index (χ2n) is 12.4. The standard InChI is InChI=1S/C36H40N4O9S2/c1-24-14-20-30(21-15-24)51(46,47)50-35-32(37-31(41)23-48-29-12-8-5-9-13-29)34(42)39(35)33(25(2)38(3)27-10-6-4-7-11-27)36(43)49-22-26-16-18-28(19-17-26)40(44)45/h5,8-9,12-21,27,32,35H,4,6-7,10-11,22-23H2,1-3H3,(H,37,41). The molecule has 0 aromatic heterocycles. The second-order valence-corrected chi connectivity index (χ2v) is 16.4. The largest absolute Gasteiger partial charge is 0.484 e. The Morgan fingerprint density at radius 1 is 1.00 bits per heavy atom. The lowest BCUT2D eigenvalue weighted by molar-refractivity contribution is -0.384. The Labute approximate surface area is 300 Å². The van der Waals surface area contributed by atoms with Crippen LogP contribution in [0.4, 0.5) is 5.69 Å². The van der Waals surface area contributed by atoms with Gasteiger partial charge < -0.3 is 19.7 Å². The van der Waals surface area contributed by atoms with Gasteiger partial charge in [-0.25, -0.2) is 13.2 Å². The normalized spacial score (nSPS) is 18.3. The summed E-state index contributed by atoms with van der Waals surface area (Å²) >= 11 is 0. The van der Waals surface area contributed by atoms with E-state index >= 15 is 0 Å². The van der Waals surface area contributed by atoms with Gasteiger partial charge in [0.25, 0.3) is 17.5 Å². The zero-order valence-electron chi connectivity index (χ0n) is 28.5. The van der Waals surface area contributed by atoms with Crippen molar-refractivity contribution in [1.82, 2.24) is 15.1 Å². The van der Waals surface area contributed by atoms with E-state index in [-0.39, 0.29) is 28.9 Å². The average molecular weight is 737 g/mol. The van der Waals surface area contributed by atoms with Gasteiger partial charge in [0.05, 0.1) is 9.82 Å². The van der Waals surface area contributed by atoms with Crippen LogP contribution in [0.1, 0.15) is 50.2 Å². The van der Waals surface area contributed by atoms with E-state index in [9.17, 15) is 32.9 Å². The molecule has 51 heavy (non-hydrogen) atoms. The van der Waals surface area contributed by atoms with Crippen molar-refractivity contribution in [2.75, 3.05) is 13.7 Å². The van der Waals surface area contributed by atoms with Gasteiger partial charge in [-0.05, 0) is 68.7 Å². The van der Waals surface area contributed by atoms with Crippen LogP contribution < -0.4 is 10.1 Å². The maximum Gasteiger partial charge on any atom is 0.357 e. The van der Waals surface area contributed by atoms with E-state index in [0.29, 0.717) is 27.8 Å². The van der Waals surface area contributed by atoms with Crippen LogP contribution >= 0.6 is 10.8 Å². The van der Waals surface area contributed by atoms with Crippen molar-refractivity contribution in [3.05, 3.63) is 111 Å². The van der Waals surface area contributed by atoms with Crippen LogP contribution in [0.5, 0.6) is 5.75 Å². The Hall–Kier alpha value is -4.89. The third-order valence-electron chi connectivity index (χ3n) is 8.95. The van der Waals surface area contributed by atoms with E-state index in [1.165, 1.54) is 36.4 Å². The van der Waals surface area contributed by atoms with Gasteiger partial charge in [0.15, 0.2) is 6.61 Å². The van der Waals surface area contributed by atoms with Crippen molar-refractivity contribution >= 4 is 43.1 Å². The molecule has 0 spiro atoms. The molecule has 2 aliphatic rings. The fraction of sp³-hybridized carbons (Fsp3) is 0.361. The number of hydrogen-bond donors (Lipinski definition) is 1. The van der Waals surface area contributed by atoms with Crippen molar-refractivity contribution in [1.29, 1.82) is 0 Å². The zero-order chi connectivity index (χ0) is 36.7. The minimum Gasteiger partial charge on any atom is -0.484 e. The number of non-ortho nitro benzene ring substituents is 1. The number of nitrogens with one attached hydrogen (secondary N) is 1. The van der Waals surface area contributed by atoms with Gasteiger partial charge in [0, 0.05) is 41.7 Å². The number of amides is 2. The number of carbonyl (C=O) groups is 3. The third-order valence-corrected chi connectivity index (χ3v) is 12.7. The predicted octanol–water partition coefficient (Wildman–Crippen LogP) is 5.30. The number of allylic oxidation sites excluding steroid dienone is 1. The SMILES string of the molecule is CC(=C(C(=O)OCc1ccc([N+](=O)[O-])cc1)N1C(=O)C(NC(=O)COc2ccccc2)C1SS(=O)(=O)c1ccc(C)cc1)N(C)C1CCCCC1. The van der Waals surface area contributed by atoms with Crippen molar-refractivity contribution in [2.45, 2.75) is 74.9 Å². The minimum atomic E-state index is -4.11. The number of nitro groups is 1. The Morgan fingerprint density at radius 3 is 2.27 bits per heavy atom. The minimum absolute atomic E-state index is 0.00258. The van der Waals surface area contributed by atoms with Crippen LogP contribution in [0.2, 0.25) is 0 Å². The topological polar surface area (TPSA) is 165 Å². The van der Waals surface area contributed by atoms with Crippen LogP contribution in [-0.2, 0) is 34.6 Å². The first-order valence-electron chi connectivity index (χ1n) is 16.5. The summed E-state index contributed by atoms with van der Waals surface area (Å²) in [5.74, 6) is -1.81. The first-order valence-corrected chi connectivity index (χ1v) is 19.4. The molecule has 2 unspecified atom stereocenters. The molecule has 1 saturated heterocycles. The summed E-state index contributed by atoms with van der Waals surface area (Å²) < 4.78 is 38.8. The molecule has 1 aliphatic carbocycles. The summed E-state index contributed by atoms with van der Waals surface area (Å²) in [5, 5.41) is 12.5. The van der Waals surface area contributed by atoms with Crippen molar-refractivity contribution < 1.29 is 37.2 Å². The average Bonchev–Trinajstić information content (AvgIpc) is 3.14. The van der Waals surface area contributed by atoms with Gasteiger partial charge in [-0.1, -0.05) is 55.2 Å². The van der Waals surface area contributed by atoms with Gasteiger partial charge in [0.2, 0.25) is 8.87 Å². The van der Waals surface area contributed by atoms with E-state index in [1.54, 1.807) is 49.4 Å². The van der Waals surface area contributed by atoms with Crippen LogP contribution in [-0.4, -0.2) is 72.0 Å². The molecule has 2 atom stereocenters. The molecule has 5 rings (SSSR count). The molecule has 270 valence electrons. The first-order chi connectivity index (χ1) is 24.4. The van der Waals surface area contributed by atoms with Crippen LogP contribution in [0.25, 0.3) is 0 Å². The molecule has 15 heteroatoms. The summed E-state index contributed by atoms with van der Waals surface area (Å²) in [6.07, 6.45) is 4.82. The maximum atomic E-state index is 14.0. The smallest absolute Gasteiger partial charge is 0.357 e. The molecule has 2 fully saturated rings. The number of benzene rings is 3. The summed E-state index contributed by atoms with van der Waals surface area (Å²) in [6, 6.07) is 19.1. The highest BCUT2D eigenvalue weighted by molar-refractivity contribution is 8.72. The Balaban J connectivity index is 1.47. The molecule has 1 aliphatic heterocycles. The predicted molar refractivity (Wildman–Crippen MR) is 191 cm³/mol. The molecule has 0 bridgehead atoms. The van der Waals surface area contributed by atoms with E-state index in [0.717, 1.165) is 42.6 Å². The molecule has 1 heterocycles. The van der Waals surface area contributed by atoms with Gasteiger partial charge in [0.1, 0.15) is 29.5 Å². The zero-order valence-corrected chi connectivity index (χ0v) is 30.2. The highest BCUT2D eigenvalue weighted by atomic mass is 33.1. The van der Waals surface area contributed by atoms with Crippen molar-refractivity contribution in [3.63, 3.8) is 0 Å². The fourth-order valence-electron chi connectivity index (χ4n) is 5.96. The maximum absolute atomic E-state index is 14.0. The number of ether oxygens (including phenoxy) is 2. The van der Waals surface area contributed by atoms with E-state index in [1.807, 2.05) is 18.9 Å². The third kappa shape index (κ3) is 9.08. The number of rotatable bonds is 14. The van der Waals surface area contributed by atoms with Gasteiger partial charge in [-0.3, -0.25) is 24.6 Å². The number of aryl methyl sites for hydroxylation is 1. The number of likely N-dealkylation sites (tertiary alicyclic amines) is 1. The lowest BCUT2D eigenvalue weighted by Crippen LogP contribution is -2.70. The molecular formula is C36H40N4O9S2. The summed E-state index contributed by atoms with van der Waals surface area (Å²) in [4.78, 5) is 54.7. The molecular weight excluding hydrogens is 697 g/mol. The summed E-state index contributed by atoms with van der Waals surface area (Å²) in [5.41, 5.74) is 1.44. The Kier molecular flexibility index (Phi) is 12.0. The van der Waals surface area contributed by atoms with Gasteiger partial charge in [-0.15, -0.1) is 0 Å². The number of carbonyl (C=O) groups excluding carboxylic acids is 3. The number of hydrogen-bond acceptors (Lipinski definition) is 11. The van der Waals surface area contributed by atoms with Gasteiger partial charge >= 0.3 is 5.97 Å². The quantitative estimate of drug-likeness (QED) is 0.0571. The van der Waals surface area contributed by atoms with E-state index in [4.69, 9.17) is 9.47 Å². The summed E-state index contributed by atoms with van der Waals surface area (Å²) in [6.45, 7) is 2.81. The molecule has 0 radical (unpaired) electrons. The number of nitrogens with zero attached hydrogens (tertiary/aromatic N) is 3. The molecule has 1 saturated carbocycles. The lowest BCUT2D eigenvalue weighted by Gasteiger charge is -2.47. The Bertz CT molecular complexity index is 1880. The lowest BCUT2D eigenvalue weighted by atomic mass is 9.94. The van der Waals surface area contributed by atoms with E-state index < -0.39 is 49.6 Å². The van der Waals surface area contributed by atoms with Crippen LogP contribution in [0.3, 0.4) is 0 Å². The van der Waals surface area contributed by atoms with Gasteiger partial charge in [-0.2, -0.15) is 0 Å². The van der Waals surface area contributed by atoms with E-state index in [2.05, 4.69) is 5.32 Å². The Morgan fingerprint density at radius 2 is 1.65 bits per heavy atom. The number of para-hydroxylation sites is 1. The molecule has 3 aromatic carbocycles. The molecule has 2 amide bonds. The van der Waals surface area contributed by atoms with Crippen LogP contribution in [0, 0.1) is 17.0 Å². The molecule has 1 N–H and O–H groups in total.